The van der Waals surface area contributed by atoms with Crippen LogP contribution in [0.25, 0.3) is 0 Å². The molecule has 0 aliphatic carbocycles. The number of alkyl halides is 3. The maximum atomic E-state index is 13.9. The van der Waals surface area contributed by atoms with Crippen molar-refractivity contribution in [2.45, 2.75) is 12.6 Å². The fourth-order valence-electron chi connectivity index (χ4n) is 2.72. The highest BCUT2D eigenvalue weighted by molar-refractivity contribution is 6.06. The number of hydrogen-bond donors (Lipinski definition) is 2. The normalized spacial score (nSPS) is 11.3. The molecule has 1 amide bonds. The number of benzene rings is 2. The fraction of sp³-hybridized carbons (Fsp3) is 0.100. The first-order valence-electron chi connectivity index (χ1n) is 8.20. The Morgan fingerprint density at radius 1 is 1.07 bits per heavy atom. The highest BCUT2D eigenvalue weighted by atomic mass is 19.4. The number of nitrogens with zero attached hydrogens (tertiary/aromatic N) is 1. The number of amides is 1. The van der Waals surface area contributed by atoms with Gasteiger partial charge in [0.1, 0.15) is 5.82 Å². The quantitative estimate of drug-likeness (QED) is 0.504. The zero-order chi connectivity index (χ0) is 20.3. The molecule has 3 N–H and O–H groups in total. The molecule has 3 aromatic rings. The molecule has 4 nitrogen and oxygen atoms in total. The first-order chi connectivity index (χ1) is 13.3. The molecule has 0 spiro atoms. The molecule has 28 heavy (non-hydrogen) atoms. The molecule has 0 saturated carbocycles. The van der Waals surface area contributed by atoms with Crippen molar-refractivity contribution >= 4 is 17.3 Å². The number of aromatic nitrogens is 1. The van der Waals surface area contributed by atoms with Crippen molar-refractivity contribution in [3.63, 3.8) is 0 Å². The van der Waals surface area contributed by atoms with Crippen molar-refractivity contribution in [1.29, 1.82) is 0 Å². The minimum absolute atomic E-state index is 0.0300. The van der Waals surface area contributed by atoms with E-state index in [1.807, 2.05) is 0 Å². The molecule has 0 aliphatic rings. The number of nitrogens with two attached hydrogens (primary N) is 1. The van der Waals surface area contributed by atoms with Crippen molar-refractivity contribution in [3.8, 4) is 0 Å². The zero-order valence-corrected chi connectivity index (χ0v) is 14.4. The number of anilines is 2. The van der Waals surface area contributed by atoms with Crippen molar-refractivity contribution in [1.82, 2.24) is 4.98 Å². The molecule has 1 aromatic heterocycles. The summed E-state index contributed by atoms with van der Waals surface area (Å²) in [5.74, 6) is -1.37. The lowest BCUT2D eigenvalue weighted by Crippen LogP contribution is -2.17. The second-order valence-electron chi connectivity index (χ2n) is 6.05. The van der Waals surface area contributed by atoms with E-state index in [9.17, 15) is 22.4 Å². The number of halogens is 4. The van der Waals surface area contributed by atoms with Gasteiger partial charge >= 0.3 is 6.18 Å². The fourth-order valence-corrected chi connectivity index (χ4v) is 2.72. The summed E-state index contributed by atoms with van der Waals surface area (Å²) in [5.41, 5.74) is 5.79. The zero-order valence-electron chi connectivity index (χ0n) is 14.4. The third-order valence-electron chi connectivity index (χ3n) is 4.13. The second kappa shape index (κ2) is 7.67. The van der Waals surface area contributed by atoms with Crippen molar-refractivity contribution in [2.24, 2.45) is 0 Å². The van der Waals surface area contributed by atoms with Gasteiger partial charge in [-0.3, -0.25) is 9.78 Å². The van der Waals surface area contributed by atoms with Crippen LogP contribution in [0.3, 0.4) is 0 Å². The van der Waals surface area contributed by atoms with Gasteiger partial charge in [-0.15, -0.1) is 0 Å². The average molecular weight is 389 g/mol. The Labute approximate surface area is 158 Å². The standard InChI is InChI=1S/C20H15F4N3O/c21-17-5-4-15(16(18(17)25)10-12-6-8-26-9-7-12)19(28)27-14-3-1-2-13(11-14)20(22,23)24/h1-9,11H,10,25H2,(H,27,28). The Kier molecular flexibility index (Phi) is 5.30. The average Bonchev–Trinajstić information content (AvgIpc) is 2.66. The molecule has 3 rings (SSSR count). The molecule has 144 valence electrons. The smallest absolute Gasteiger partial charge is 0.396 e. The van der Waals surface area contributed by atoms with Gasteiger partial charge in [-0.2, -0.15) is 13.2 Å². The maximum Gasteiger partial charge on any atom is 0.416 e. The summed E-state index contributed by atoms with van der Waals surface area (Å²) in [5, 5.41) is 2.41. The minimum Gasteiger partial charge on any atom is -0.396 e. The van der Waals surface area contributed by atoms with Crippen LogP contribution < -0.4 is 11.1 Å². The van der Waals surface area contributed by atoms with Gasteiger partial charge in [0.15, 0.2) is 0 Å². The van der Waals surface area contributed by atoms with E-state index in [0.29, 0.717) is 0 Å². The number of carbonyl (C=O) groups is 1. The number of rotatable bonds is 4. The Hall–Kier alpha value is -3.42. The number of hydrogen-bond acceptors (Lipinski definition) is 3. The molecule has 0 atom stereocenters. The predicted molar refractivity (Wildman–Crippen MR) is 97.3 cm³/mol. The second-order valence-corrected chi connectivity index (χ2v) is 6.05. The van der Waals surface area contributed by atoms with E-state index in [4.69, 9.17) is 5.73 Å². The lowest BCUT2D eigenvalue weighted by Gasteiger charge is -2.14. The topological polar surface area (TPSA) is 68.0 Å². The Morgan fingerprint density at radius 3 is 2.46 bits per heavy atom. The first kappa shape index (κ1) is 19.3. The van der Waals surface area contributed by atoms with Gasteiger partial charge in [0.25, 0.3) is 5.91 Å². The molecule has 0 bridgehead atoms. The summed E-state index contributed by atoms with van der Waals surface area (Å²) in [6.07, 6.45) is -1.27. The largest absolute Gasteiger partial charge is 0.416 e. The van der Waals surface area contributed by atoms with Crippen LogP contribution in [0, 0.1) is 5.82 Å². The molecule has 0 aliphatic heterocycles. The van der Waals surface area contributed by atoms with E-state index >= 15 is 0 Å². The summed E-state index contributed by atoms with van der Waals surface area (Å²) < 4.78 is 52.5. The van der Waals surface area contributed by atoms with Gasteiger partial charge in [-0.25, -0.2) is 4.39 Å². The lowest BCUT2D eigenvalue weighted by molar-refractivity contribution is -0.137. The molecule has 0 saturated heterocycles. The van der Waals surface area contributed by atoms with E-state index in [-0.39, 0.29) is 28.9 Å². The summed E-state index contributed by atoms with van der Waals surface area (Å²) in [6.45, 7) is 0. The van der Waals surface area contributed by atoms with Crippen molar-refractivity contribution in [3.05, 3.63) is 89.0 Å². The molecule has 8 heteroatoms. The number of nitrogens with one attached hydrogen (secondary N) is 1. The van der Waals surface area contributed by atoms with Crippen LogP contribution in [0.15, 0.2) is 60.9 Å². The Balaban J connectivity index is 1.93. The van der Waals surface area contributed by atoms with Gasteiger partial charge in [0, 0.05) is 30.1 Å². The van der Waals surface area contributed by atoms with Crippen LogP contribution in [0.5, 0.6) is 0 Å². The molecular weight excluding hydrogens is 374 g/mol. The van der Waals surface area contributed by atoms with Gasteiger partial charge < -0.3 is 11.1 Å². The summed E-state index contributed by atoms with van der Waals surface area (Å²) in [7, 11) is 0. The lowest BCUT2D eigenvalue weighted by atomic mass is 9.97. The summed E-state index contributed by atoms with van der Waals surface area (Å²) in [6, 6.07) is 9.95. The van der Waals surface area contributed by atoms with E-state index in [2.05, 4.69) is 10.3 Å². The van der Waals surface area contributed by atoms with Gasteiger partial charge in [-0.05, 0) is 53.6 Å². The van der Waals surface area contributed by atoms with Crippen molar-refractivity contribution < 1.29 is 22.4 Å². The van der Waals surface area contributed by atoms with E-state index < -0.39 is 23.5 Å². The van der Waals surface area contributed by atoms with Gasteiger partial charge in [-0.1, -0.05) is 6.07 Å². The van der Waals surface area contributed by atoms with Crippen LogP contribution in [0.2, 0.25) is 0 Å². The first-order valence-corrected chi connectivity index (χ1v) is 8.20. The van der Waals surface area contributed by atoms with Gasteiger partial charge in [0.2, 0.25) is 0 Å². The van der Waals surface area contributed by atoms with E-state index in [1.165, 1.54) is 18.2 Å². The van der Waals surface area contributed by atoms with Gasteiger partial charge in [0.05, 0.1) is 11.3 Å². The van der Waals surface area contributed by atoms with Crippen LogP contribution in [0.1, 0.15) is 27.0 Å². The molecule has 0 radical (unpaired) electrons. The molecule has 1 heterocycles. The highest BCUT2D eigenvalue weighted by Gasteiger charge is 2.30. The number of nitrogen functional groups attached to an aromatic ring is 1. The molecule has 2 aromatic carbocycles. The third-order valence-corrected chi connectivity index (χ3v) is 4.13. The van der Waals surface area contributed by atoms with E-state index in [1.54, 1.807) is 24.5 Å². The summed E-state index contributed by atoms with van der Waals surface area (Å²) in [4.78, 5) is 16.6. The van der Waals surface area contributed by atoms with Crippen LogP contribution in [-0.4, -0.2) is 10.9 Å². The monoisotopic (exact) mass is 389 g/mol. The van der Waals surface area contributed by atoms with Crippen LogP contribution in [-0.2, 0) is 12.6 Å². The Morgan fingerprint density at radius 2 is 1.79 bits per heavy atom. The molecule has 0 fully saturated rings. The number of pyridine rings is 1. The number of carbonyl (C=O) groups excluding carboxylic acids is 1. The maximum absolute atomic E-state index is 13.9. The van der Waals surface area contributed by atoms with Crippen LogP contribution in [0.4, 0.5) is 28.9 Å². The highest BCUT2D eigenvalue weighted by Crippen LogP contribution is 2.31. The van der Waals surface area contributed by atoms with E-state index in [0.717, 1.165) is 23.8 Å². The van der Waals surface area contributed by atoms with Crippen LogP contribution >= 0.6 is 0 Å². The third kappa shape index (κ3) is 4.28. The minimum atomic E-state index is -4.53. The molecule has 0 unspecified atom stereocenters. The Bertz CT molecular complexity index is 1000. The molecular formula is C20H15F4N3O. The van der Waals surface area contributed by atoms with Crippen molar-refractivity contribution in [2.75, 3.05) is 11.1 Å². The SMILES string of the molecule is Nc1c(F)ccc(C(=O)Nc2cccc(C(F)(F)F)c2)c1Cc1ccncc1. The summed E-state index contributed by atoms with van der Waals surface area (Å²) >= 11 is 0. The predicted octanol–water partition coefficient (Wildman–Crippen LogP) is 4.66.